The van der Waals surface area contributed by atoms with Crippen molar-refractivity contribution in [2.24, 2.45) is 10.9 Å². The number of rotatable bonds is 8. The molecule has 0 aliphatic heterocycles. The lowest BCUT2D eigenvalue weighted by Crippen LogP contribution is -2.28. The van der Waals surface area contributed by atoms with E-state index in [1.807, 2.05) is 0 Å². The van der Waals surface area contributed by atoms with E-state index in [1.54, 1.807) is 27.0 Å². The van der Waals surface area contributed by atoms with Crippen LogP contribution in [0.4, 0.5) is 17.1 Å². The second-order valence-corrected chi connectivity index (χ2v) is 7.65. The van der Waals surface area contributed by atoms with Gasteiger partial charge < -0.3 is 47.6 Å². The first-order chi connectivity index (χ1) is 16.1. The maximum atomic E-state index is 12.8. The lowest BCUT2D eigenvalue weighted by Gasteiger charge is -2.07. The molecule has 0 atom stereocenters. The molecular weight excluding hydrogens is 478 g/mol. The monoisotopic (exact) mass is 505 g/mol. The number of nitrogens with two attached hydrogens (primary N) is 2. The van der Waals surface area contributed by atoms with Crippen LogP contribution in [-0.4, -0.2) is 50.3 Å². The molecule has 35 heavy (non-hydrogen) atoms. The highest BCUT2D eigenvalue weighted by molar-refractivity contribution is 6.09. The molecule has 3 heterocycles. The third kappa shape index (κ3) is 5.76. The van der Waals surface area contributed by atoms with E-state index < -0.39 is 11.8 Å². The van der Waals surface area contributed by atoms with Gasteiger partial charge in [0.15, 0.2) is 0 Å². The van der Waals surface area contributed by atoms with Crippen LogP contribution < -0.4 is 27.4 Å². The highest BCUT2D eigenvalue weighted by atomic mass is 35.5. The van der Waals surface area contributed by atoms with Crippen molar-refractivity contribution in [3.8, 4) is 0 Å². The molecule has 0 unspecified atom stereocenters. The SMILES string of the molecule is Cc1c(N)c[nH]c1C(=O)Nc1c[nH]c(C(=O)Nc2c[nH]c(C(=O)NCCC(N)=NO)c2C)c1C.Cl. The van der Waals surface area contributed by atoms with E-state index >= 15 is 0 Å². The Balaban J connectivity index is 0.00000432. The Morgan fingerprint density at radius 1 is 0.857 bits per heavy atom. The normalized spacial score (nSPS) is 11.0. The largest absolute Gasteiger partial charge is 0.409 e. The molecule has 3 amide bonds. The van der Waals surface area contributed by atoms with Gasteiger partial charge in [0.2, 0.25) is 0 Å². The summed E-state index contributed by atoms with van der Waals surface area (Å²) in [4.78, 5) is 46.2. The summed E-state index contributed by atoms with van der Waals surface area (Å²) in [5, 5.41) is 19.5. The summed E-state index contributed by atoms with van der Waals surface area (Å²) in [6.07, 6.45) is 4.76. The molecule has 0 radical (unpaired) electrons. The fraction of sp³-hybridized carbons (Fsp3) is 0.238. The smallest absolute Gasteiger partial charge is 0.272 e. The highest BCUT2D eigenvalue weighted by Gasteiger charge is 2.21. The number of hydrogen-bond acceptors (Lipinski definition) is 6. The molecule has 3 aromatic rings. The summed E-state index contributed by atoms with van der Waals surface area (Å²) in [5.41, 5.74) is 15.1. The van der Waals surface area contributed by atoms with Gasteiger partial charge in [0.05, 0.1) is 17.1 Å². The molecule has 188 valence electrons. The van der Waals surface area contributed by atoms with Crippen molar-refractivity contribution < 1.29 is 19.6 Å². The van der Waals surface area contributed by atoms with Gasteiger partial charge in [-0.25, -0.2) is 0 Å². The second-order valence-electron chi connectivity index (χ2n) is 7.65. The number of nitrogens with zero attached hydrogens (tertiary/aromatic N) is 1. The van der Waals surface area contributed by atoms with E-state index in [2.05, 4.69) is 36.1 Å². The van der Waals surface area contributed by atoms with Gasteiger partial charge in [-0.1, -0.05) is 5.16 Å². The minimum Gasteiger partial charge on any atom is -0.409 e. The minimum atomic E-state index is -0.445. The molecular formula is C21H28ClN9O4. The number of hydrogen-bond donors (Lipinski definition) is 9. The van der Waals surface area contributed by atoms with Gasteiger partial charge in [-0.2, -0.15) is 0 Å². The Labute approximate surface area is 206 Å². The highest BCUT2D eigenvalue weighted by Crippen LogP contribution is 2.24. The van der Waals surface area contributed by atoms with Crippen LogP contribution in [-0.2, 0) is 0 Å². The van der Waals surface area contributed by atoms with Crippen LogP contribution >= 0.6 is 12.4 Å². The molecule has 0 aromatic carbocycles. The Morgan fingerprint density at radius 2 is 1.31 bits per heavy atom. The zero-order valence-corrected chi connectivity index (χ0v) is 20.1. The Bertz CT molecular complexity index is 1270. The molecule has 0 aliphatic rings. The van der Waals surface area contributed by atoms with E-state index in [4.69, 9.17) is 16.7 Å². The number of nitrogen functional groups attached to an aromatic ring is 1. The van der Waals surface area contributed by atoms with E-state index in [0.29, 0.717) is 39.4 Å². The topological polar surface area (TPSA) is 219 Å². The summed E-state index contributed by atoms with van der Waals surface area (Å²) in [6, 6.07) is 0. The summed E-state index contributed by atoms with van der Waals surface area (Å²) >= 11 is 0. The summed E-state index contributed by atoms with van der Waals surface area (Å²) < 4.78 is 0. The third-order valence-electron chi connectivity index (χ3n) is 5.43. The van der Waals surface area contributed by atoms with Gasteiger partial charge in [0.25, 0.3) is 17.7 Å². The van der Waals surface area contributed by atoms with Gasteiger partial charge in [-0.3, -0.25) is 14.4 Å². The molecule has 0 aliphatic carbocycles. The van der Waals surface area contributed by atoms with Gasteiger partial charge in [-0.05, 0) is 20.8 Å². The van der Waals surface area contributed by atoms with Gasteiger partial charge in [0.1, 0.15) is 22.9 Å². The summed E-state index contributed by atoms with van der Waals surface area (Å²) in [6.45, 7) is 5.29. The number of amides is 3. The van der Waals surface area contributed by atoms with Gasteiger partial charge in [0, 0.05) is 48.2 Å². The Kier molecular flexibility index (Phi) is 8.56. The van der Waals surface area contributed by atoms with E-state index in [1.165, 1.54) is 12.4 Å². The maximum Gasteiger partial charge on any atom is 0.272 e. The van der Waals surface area contributed by atoms with Crippen molar-refractivity contribution in [1.82, 2.24) is 20.3 Å². The molecule has 0 saturated carbocycles. The second kappa shape index (κ2) is 11.2. The van der Waals surface area contributed by atoms with Crippen molar-refractivity contribution in [3.63, 3.8) is 0 Å². The van der Waals surface area contributed by atoms with Crippen molar-refractivity contribution in [2.75, 3.05) is 22.9 Å². The lowest BCUT2D eigenvalue weighted by atomic mass is 10.2. The number of carbonyl (C=O) groups excluding carboxylic acids is 3. The van der Waals surface area contributed by atoms with Crippen LogP contribution in [0.15, 0.2) is 23.7 Å². The summed E-state index contributed by atoms with van der Waals surface area (Å²) in [5.74, 6) is -1.22. The first-order valence-electron chi connectivity index (χ1n) is 10.3. The Morgan fingerprint density at radius 3 is 1.77 bits per heavy atom. The fourth-order valence-electron chi connectivity index (χ4n) is 3.28. The van der Waals surface area contributed by atoms with Crippen LogP contribution in [0.2, 0.25) is 0 Å². The predicted octanol–water partition coefficient (Wildman–Crippen LogP) is 1.97. The molecule has 3 rings (SSSR count). The molecule has 0 bridgehead atoms. The third-order valence-corrected chi connectivity index (χ3v) is 5.43. The number of nitrogens with one attached hydrogen (secondary N) is 6. The van der Waals surface area contributed by atoms with Crippen LogP contribution in [0, 0.1) is 20.8 Å². The molecule has 13 nitrogen and oxygen atoms in total. The Hall–Kier alpha value is -4.39. The number of carbonyl (C=O) groups is 3. The number of amidine groups is 1. The average molecular weight is 506 g/mol. The lowest BCUT2D eigenvalue weighted by molar-refractivity contribution is 0.0947. The van der Waals surface area contributed by atoms with E-state index in [9.17, 15) is 14.4 Å². The number of aromatic amines is 3. The fourth-order valence-corrected chi connectivity index (χ4v) is 3.28. The zero-order chi connectivity index (χ0) is 25.0. The first kappa shape index (κ1) is 26.9. The minimum absolute atomic E-state index is 0. The average Bonchev–Trinajstić information content (AvgIpc) is 3.46. The van der Waals surface area contributed by atoms with Crippen molar-refractivity contribution in [1.29, 1.82) is 0 Å². The number of H-pyrrole nitrogens is 3. The number of halogens is 1. The van der Waals surface area contributed by atoms with Gasteiger partial charge in [-0.15, -0.1) is 12.4 Å². The molecule has 11 N–H and O–H groups in total. The van der Waals surface area contributed by atoms with Crippen molar-refractivity contribution in [3.05, 3.63) is 52.4 Å². The van der Waals surface area contributed by atoms with Crippen LogP contribution in [0.3, 0.4) is 0 Å². The first-order valence-corrected chi connectivity index (χ1v) is 10.3. The number of anilines is 3. The van der Waals surface area contributed by atoms with Crippen LogP contribution in [0.5, 0.6) is 0 Å². The van der Waals surface area contributed by atoms with Crippen molar-refractivity contribution in [2.45, 2.75) is 27.2 Å². The molecule has 0 fully saturated rings. The maximum absolute atomic E-state index is 12.8. The van der Waals surface area contributed by atoms with E-state index in [-0.39, 0.29) is 48.5 Å². The van der Waals surface area contributed by atoms with Gasteiger partial charge >= 0.3 is 0 Å². The molecule has 3 aromatic heterocycles. The van der Waals surface area contributed by atoms with Crippen molar-refractivity contribution >= 4 is 53.0 Å². The molecule has 0 spiro atoms. The quantitative estimate of drug-likeness (QED) is 0.0962. The molecule has 14 heteroatoms. The molecule has 0 saturated heterocycles. The standard InChI is InChI=1S/C21H27N9O4.ClH/c1-9-12(22)6-25-16(9)20(32)28-14-8-27-18(11(14)3)21(33)29-13-7-26-17(10(13)2)19(31)24-5-4-15(23)30-34;/h6-8,25-27,34H,4-5,22H2,1-3H3,(H2,23,30)(H,24,31)(H,28,32)(H,29,33);1H. The van der Waals surface area contributed by atoms with Crippen LogP contribution in [0.1, 0.15) is 54.6 Å². The van der Waals surface area contributed by atoms with Crippen LogP contribution in [0.25, 0.3) is 0 Å². The predicted molar refractivity (Wildman–Crippen MR) is 135 cm³/mol. The number of aromatic nitrogens is 3. The summed E-state index contributed by atoms with van der Waals surface area (Å²) in [7, 11) is 0. The zero-order valence-electron chi connectivity index (χ0n) is 19.3. The number of oxime groups is 1. The van der Waals surface area contributed by atoms with E-state index in [0.717, 1.165) is 0 Å².